The van der Waals surface area contributed by atoms with Gasteiger partial charge in [-0.05, 0) is 36.8 Å². The number of fused-ring (bicyclic) bond motifs is 2. The molecule has 0 spiro atoms. The highest BCUT2D eigenvalue weighted by molar-refractivity contribution is 6.13. The van der Waals surface area contributed by atoms with E-state index in [2.05, 4.69) is 15.3 Å². The second-order valence-corrected chi connectivity index (χ2v) is 7.04. The third kappa shape index (κ3) is 3.54. The van der Waals surface area contributed by atoms with Crippen LogP contribution in [0.2, 0.25) is 0 Å². The van der Waals surface area contributed by atoms with Gasteiger partial charge in [0, 0.05) is 26.2 Å². The Morgan fingerprint density at radius 1 is 1.00 bits per heavy atom. The van der Waals surface area contributed by atoms with Gasteiger partial charge in [-0.2, -0.15) is 4.98 Å². The average molecular weight is 387 g/mol. The molecule has 1 aliphatic heterocycles. The first-order valence-electron chi connectivity index (χ1n) is 9.27. The first kappa shape index (κ1) is 18.6. The molecule has 7 heteroatoms. The number of hydrogen-bond acceptors (Lipinski definition) is 6. The van der Waals surface area contributed by atoms with E-state index < -0.39 is 0 Å². The largest absolute Gasteiger partial charge is 0.327 e. The summed E-state index contributed by atoms with van der Waals surface area (Å²) in [6, 6.07) is 15.1. The van der Waals surface area contributed by atoms with Crippen LogP contribution in [0.1, 0.15) is 22.8 Å². The third-order valence-electron chi connectivity index (χ3n) is 4.89. The number of rotatable bonds is 4. The number of carbonyl (C=O) groups excluding carboxylic acids is 2. The fraction of sp³-hybridized carbons (Fsp3) is 0.182. The molecule has 0 bridgehead atoms. The van der Waals surface area contributed by atoms with E-state index in [9.17, 15) is 9.59 Å². The Bertz CT molecular complexity index is 1090. The summed E-state index contributed by atoms with van der Waals surface area (Å²) in [6.07, 6.45) is 2.06. The number of anilines is 5. The standard InChI is InChI=1S/C22H21N5O2/c1-14(28)12-15-8-10-16(11-9-15)24-22-23-13-19-20(25-22)26(2)18-7-5-4-6-17(18)21(29)27(19)3/h4-11,13H,12H2,1-3H3,(H,23,24,25). The molecule has 0 fully saturated rings. The summed E-state index contributed by atoms with van der Waals surface area (Å²) >= 11 is 0. The highest BCUT2D eigenvalue weighted by atomic mass is 16.2. The summed E-state index contributed by atoms with van der Waals surface area (Å²) in [4.78, 5) is 36.6. The van der Waals surface area contributed by atoms with Crippen LogP contribution in [-0.4, -0.2) is 35.8 Å². The summed E-state index contributed by atoms with van der Waals surface area (Å²) < 4.78 is 0. The van der Waals surface area contributed by atoms with Crippen molar-refractivity contribution in [3.05, 3.63) is 65.9 Å². The van der Waals surface area contributed by atoms with Gasteiger partial charge in [0.05, 0.1) is 17.4 Å². The summed E-state index contributed by atoms with van der Waals surface area (Å²) in [5, 5.41) is 3.19. The molecule has 3 aromatic rings. The molecular weight excluding hydrogens is 366 g/mol. The fourth-order valence-electron chi connectivity index (χ4n) is 3.38. The molecule has 2 aromatic carbocycles. The van der Waals surface area contributed by atoms with E-state index in [0.29, 0.717) is 29.4 Å². The van der Waals surface area contributed by atoms with Gasteiger partial charge in [-0.25, -0.2) is 4.98 Å². The van der Waals surface area contributed by atoms with Gasteiger partial charge in [0.1, 0.15) is 11.5 Å². The van der Waals surface area contributed by atoms with E-state index in [1.807, 2.05) is 60.5 Å². The molecule has 0 saturated heterocycles. The minimum absolute atomic E-state index is 0.100. The molecule has 7 nitrogen and oxygen atoms in total. The van der Waals surface area contributed by atoms with Crippen LogP contribution in [0.25, 0.3) is 0 Å². The number of ketones is 1. The number of nitrogens with one attached hydrogen (secondary N) is 1. The Labute approximate surface area is 169 Å². The van der Waals surface area contributed by atoms with Crippen molar-refractivity contribution in [2.24, 2.45) is 0 Å². The van der Waals surface area contributed by atoms with Crippen molar-refractivity contribution in [3.63, 3.8) is 0 Å². The van der Waals surface area contributed by atoms with Crippen LogP contribution in [-0.2, 0) is 11.2 Å². The van der Waals surface area contributed by atoms with Crippen LogP contribution in [0.15, 0.2) is 54.7 Å². The Kier molecular flexibility index (Phi) is 4.72. The highest BCUT2D eigenvalue weighted by Crippen LogP contribution is 2.37. The number of amides is 1. The van der Waals surface area contributed by atoms with Crippen molar-refractivity contribution >= 4 is 40.5 Å². The maximum absolute atomic E-state index is 12.8. The van der Waals surface area contributed by atoms with Gasteiger partial charge in [0.25, 0.3) is 5.91 Å². The molecule has 1 amide bonds. The van der Waals surface area contributed by atoms with E-state index in [-0.39, 0.29) is 11.7 Å². The lowest BCUT2D eigenvalue weighted by Crippen LogP contribution is -2.25. The Morgan fingerprint density at radius 2 is 1.72 bits per heavy atom. The zero-order chi connectivity index (χ0) is 20.5. The Morgan fingerprint density at radius 3 is 2.45 bits per heavy atom. The number of carbonyl (C=O) groups is 2. The lowest BCUT2D eigenvalue weighted by atomic mass is 10.1. The smallest absolute Gasteiger partial charge is 0.260 e. The minimum atomic E-state index is -0.100. The van der Waals surface area contributed by atoms with Crippen LogP contribution < -0.4 is 15.1 Å². The number of para-hydroxylation sites is 1. The summed E-state index contributed by atoms with van der Waals surface area (Å²) in [5.41, 5.74) is 3.82. The molecule has 4 rings (SSSR count). The van der Waals surface area contributed by atoms with E-state index in [1.54, 1.807) is 25.1 Å². The molecule has 1 N–H and O–H groups in total. The molecule has 0 unspecified atom stereocenters. The van der Waals surface area contributed by atoms with Crippen LogP contribution >= 0.6 is 0 Å². The first-order valence-corrected chi connectivity index (χ1v) is 9.27. The lowest BCUT2D eigenvalue weighted by Gasteiger charge is -2.21. The van der Waals surface area contributed by atoms with Crippen molar-refractivity contribution in [2.45, 2.75) is 13.3 Å². The third-order valence-corrected chi connectivity index (χ3v) is 4.89. The van der Waals surface area contributed by atoms with Crippen molar-refractivity contribution in [1.82, 2.24) is 9.97 Å². The van der Waals surface area contributed by atoms with Crippen LogP contribution in [0.4, 0.5) is 28.8 Å². The monoisotopic (exact) mass is 387 g/mol. The zero-order valence-electron chi connectivity index (χ0n) is 16.5. The predicted octanol–water partition coefficient (Wildman–Crippen LogP) is 3.71. The molecule has 0 saturated carbocycles. The summed E-state index contributed by atoms with van der Waals surface area (Å²) in [7, 11) is 3.61. The van der Waals surface area contributed by atoms with E-state index in [0.717, 1.165) is 16.9 Å². The zero-order valence-corrected chi connectivity index (χ0v) is 16.5. The van der Waals surface area contributed by atoms with E-state index >= 15 is 0 Å². The van der Waals surface area contributed by atoms with Gasteiger partial charge >= 0.3 is 0 Å². The average Bonchev–Trinajstić information content (AvgIpc) is 2.79. The van der Waals surface area contributed by atoms with Gasteiger partial charge in [-0.3, -0.25) is 9.59 Å². The molecular formula is C22H21N5O2. The summed E-state index contributed by atoms with van der Waals surface area (Å²) in [5.74, 6) is 1.09. The van der Waals surface area contributed by atoms with Gasteiger partial charge in [0.15, 0.2) is 5.82 Å². The SMILES string of the molecule is CC(=O)Cc1ccc(Nc2ncc3c(n2)N(C)c2ccccc2C(=O)N3C)cc1. The molecule has 0 aliphatic carbocycles. The Balaban J connectivity index is 1.67. The number of benzene rings is 2. The number of hydrogen-bond donors (Lipinski definition) is 1. The number of aromatic nitrogens is 2. The number of nitrogens with zero attached hydrogens (tertiary/aromatic N) is 4. The topological polar surface area (TPSA) is 78.4 Å². The second-order valence-electron chi connectivity index (χ2n) is 7.04. The summed E-state index contributed by atoms with van der Waals surface area (Å²) in [6.45, 7) is 1.58. The molecule has 1 aliphatic rings. The van der Waals surface area contributed by atoms with Gasteiger partial charge in [-0.15, -0.1) is 0 Å². The highest BCUT2D eigenvalue weighted by Gasteiger charge is 2.28. The quantitative estimate of drug-likeness (QED) is 0.735. The van der Waals surface area contributed by atoms with Gasteiger partial charge in [-0.1, -0.05) is 24.3 Å². The normalized spacial score (nSPS) is 12.9. The van der Waals surface area contributed by atoms with Crippen molar-refractivity contribution in [1.29, 1.82) is 0 Å². The van der Waals surface area contributed by atoms with E-state index in [4.69, 9.17) is 0 Å². The van der Waals surface area contributed by atoms with Crippen molar-refractivity contribution in [2.75, 3.05) is 29.2 Å². The number of Topliss-reactive ketones (excluding diaryl/α,β-unsaturated/α-hetero) is 1. The Hall–Kier alpha value is -3.74. The minimum Gasteiger partial charge on any atom is -0.327 e. The molecule has 1 aromatic heterocycles. The molecule has 146 valence electrons. The lowest BCUT2D eigenvalue weighted by molar-refractivity contribution is -0.116. The van der Waals surface area contributed by atoms with Gasteiger partial charge < -0.3 is 15.1 Å². The molecule has 0 atom stereocenters. The van der Waals surface area contributed by atoms with Crippen LogP contribution in [0.5, 0.6) is 0 Å². The first-order chi connectivity index (χ1) is 13.9. The molecule has 0 radical (unpaired) electrons. The molecule has 2 heterocycles. The maximum atomic E-state index is 12.8. The predicted molar refractivity (Wildman–Crippen MR) is 113 cm³/mol. The van der Waals surface area contributed by atoms with Crippen LogP contribution in [0, 0.1) is 0 Å². The van der Waals surface area contributed by atoms with E-state index in [1.165, 1.54) is 0 Å². The maximum Gasteiger partial charge on any atom is 0.260 e. The molecule has 29 heavy (non-hydrogen) atoms. The van der Waals surface area contributed by atoms with Gasteiger partial charge in [0.2, 0.25) is 5.95 Å². The fourth-order valence-corrected chi connectivity index (χ4v) is 3.38. The second kappa shape index (κ2) is 7.35. The van der Waals surface area contributed by atoms with Crippen molar-refractivity contribution < 1.29 is 9.59 Å². The van der Waals surface area contributed by atoms with Crippen molar-refractivity contribution in [3.8, 4) is 0 Å². The van der Waals surface area contributed by atoms with Crippen LogP contribution in [0.3, 0.4) is 0 Å².